The monoisotopic (exact) mass is 300 g/mol. The highest BCUT2D eigenvalue weighted by molar-refractivity contribution is 5.91. The molecule has 8 heteroatoms. The lowest BCUT2D eigenvalue weighted by Crippen LogP contribution is -2.24. The Morgan fingerprint density at radius 3 is 2.47 bits per heavy atom. The normalized spacial score (nSPS) is 12.5. The summed E-state index contributed by atoms with van der Waals surface area (Å²) in [6, 6.07) is 1.36. The number of anilines is 1. The fraction of sp³-hybridized carbons (Fsp3) is 0.364. The number of hydrogen-bond acceptors (Lipinski definition) is 2. The van der Waals surface area contributed by atoms with Gasteiger partial charge in [-0.15, -0.1) is 12.4 Å². The van der Waals surface area contributed by atoms with E-state index in [1.54, 1.807) is 6.92 Å². The minimum atomic E-state index is -4.59. The first-order chi connectivity index (χ1) is 8.20. The lowest BCUT2D eigenvalue weighted by molar-refractivity contribution is -0.137. The van der Waals surface area contributed by atoms with Crippen LogP contribution in [0, 0.1) is 5.82 Å². The molecule has 0 aliphatic heterocycles. The molecule has 3 N–H and O–H groups in total. The molecular weight excluding hydrogens is 288 g/mol. The van der Waals surface area contributed by atoms with Crippen LogP contribution in [-0.4, -0.2) is 11.9 Å². The van der Waals surface area contributed by atoms with Gasteiger partial charge in [0.1, 0.15) is 5.82 Å². The summed E-state index contributed by atoms with van der Waals surface area (Å²) in [5, 5.41) is 2.06. The van der Waals surface area contributed by atoms with Crippen LogP contribution in [0.15, 0.2) is 18.2 Å². The van der Waals surface area contributed by atoms with Crippen LogP contribution in [0.25, 0.3) is 0 Å². The molecule has 0 radical (unpaired) electrons. The summed E-state index contributed by atoms with van der Waals surface area (Å²) in [6.45, 7) is 1.56. The van der Waals surface area contributed by atoms with Crippen molar-refractivity contribution in [3.05, 3.63) is 29.6 Å². The standard InChI is InChI=1S/C11H12F4N2O.ClH/c1-6(16)4-10(18)17-9-5-7(11(13,14)15)2-3-8(9)12;/h2-3,5-6H,4,16H2,1H3,(H,17,18);1H. The fourth-order valence-corrected chi connectivity index (χ4v) is 1.29. The van der Waals surface area contributed by atoms with Gasteiger partial charge in [0.2, 0.25) is 5.91 Å². The molecular formula is C11H13ClF4N2O. The molecule has 19 heavy (non-hydrogen) atoms. The molecule has 1 atom stereocenters. The van der Waals surface area contributed by atoms with Gasteiger partial charge in [-0.1, -0.05) is 0 Å². The van der Waals surface area contributed by atoms with E-state index in [9.17, 15) is 22.4 Å². The number of rotatable bonds is 3. The third kappa shape index (κ3) is 5.44. The zero-order valence-corrected chi connectivity index (χ0v) is 10.7. The van der Waals surface area contributed by atoms with Crippen LogP contribution < -0.4 is 11.1 Å². The van der Waals surface area contributed by atoms with Crippen LogP contribution in [0.1, 0.15) is 18.9 Å². The molecule has 3 nitrogen and oxygen atoms in total. The Bertz CT molecular complexity index is 449. The van der Waals surface area contributed by atoms with E-state index in [1.807, 2.05) is 0 Å². The van der Waals surface area contributed by atoms with Gasteiger partial charge < -0.3 is 11.1 Å². The van der Waals surface area contributed by atoms with Gasteiger partial charge in [-0.2, -0.15) is 13.2 Å². The number of nitrogens with two attached hydrogens (primary N) is 1. The molecule has 1 aromatic carbocycles. The Labute approximate surface area is 113 Å². The summed E-state index contributed by atoms with van der Waals surface area (Å²) in [4.78, 5) is 11.3. The number of benzene rings is 1. The van der Waals surface area contributed by atoms with E-state index in [-0.39, 0.29) is 18.8 Å². The average Bonchev–Trinajstić information content (AvgIpc) is 2.18. The molecule has 1 amide bonds. The average molecular weight is 301 g/mol. The summed E-state index contributed by atoms with van der Waals surface area (Å²) in [7, 11) is 0. The fourth-order valence-electron chi connectivity index (χ4n) is 1.29. The summed E-state index contributed by atoms with van der Waals surface area (Å²) in [5.74, 6) is -1.57. The topological polar surface area (TPSA) is 55.1 Å². The quantitative estimate of drug-likeness (QED) is 0.843. The Morgan fingerprint density at radius 1 is 1.42 bits per heavy atom. The van der Waals surface area contributed by atoms with Gasteiger partial charge in [-0.3, -0.25) is 4.79 Å². The first kappa shape index (κ1) is 17.7. The van der Waals surface area contributed by atoms with Gasteiger partial charge in [0.25, 0.3) is 0 Å². The molecule has 0 bridgehead atoms. The molecule has 0 saturated heterocycles. The smallest absolute Gasteiger partial charge is 0.327 e. The minimum absolute atomic E-state index is 0. The zero-order valence-electron chi connectivity index (χ0n) is 9.92. The summed E-state index contributed by atoms with van der Waals surface area (Å²) in [5.41, 5.74) is 3.82. The van der Waals surface area contributed by atoms with Crippen molar-refractivity contribution in [2.24, 2.45) is 5.73 Å². The van der Waals surface area contributed by atoms with Crippen molar-refractivity contribution >= 4 is 24.0 Å². The third-order valence-electron chi connectivity index (χ3n) is 2.08. The van der Waals surface area contributed by atoms with Crippen molar-refractivity contribution in [2.45, 2.75) is 25.6 Å². The van der Waals surface area contributed by atoms with E-state index in [0.29, 0.717) is 18.2 Å². The predicted molar refractivity (Wildman–Crippen MR) is 65.5 cm³/mol. The van der Waals surface area contributed by atoms with Gasteiger partial charge in [0.05, 0.1) is 11.3 Å². The molecule has 0 heterocycles. The maximum Gasteiger partial charge on any atom is 0.416 e. The van der Waals surface area contributed by atoms with E-state index < -0.39 is 35.2 Å². The number of hydrogen-bond donors (Lipinski definition) is 2. The van der Waals surface area contributed by atoms with Gasteiger partial charge in [0, 0.05) is 12.5 Å². The van der Waals surface area contributed by atoms with Crippen LogP contribution in [-0.2, 0) is 11.0 Å². The summed E-state index contributed by atoms with van der Waals surface area (Å²) >= 11 is 0. The highest BCUT2D eigenvalue weighted by Crippen LogP contribution is 2.31. The molecule has 108 valence electrons. The van der Waals surface area contributed by atoms with E-state index in [4.69, 9.17) is 5.73 Å². The molecule has 0 aromatic heterocycles. The van der Waals surface area contributed by atoms with Gasteiger partial charge in [0.15, 0.2) is 0 Å². The van der Waals surface area contributed by atoms with Crippen molar-refractivity contribution in [3.63, 3.8) is 0 Å². The number of alkyl halides is 3. The van der Waals surface area contributed by atoms with E-state index in [0.717, 1.165) is 0 Å². The largest absolute Gasteiger partial charge is 0.416 e. The Morgan fingerprint density at radius 2 is 2.00 bits per heavy atom. The molecule has 0 aliphatic rings. The second-order valence-electron chi connectivity index (χ2n) is 3.92. The van der Waals surface area contributed by atoms with Gasteiger partial charge in [-0.05, 0) is 25.1 Å². The van der Waals surface area contributed by atoms with E-state index in [1.165, 1.54) is 0 Å². The van der Waals surface area contributed by atoms with Crippen molar-refractivity contribution in [3.8, 4) is 0 Å². The van der Waals surface area contributed by atoms with Crippen LogP contribution in [0.5, 0.6) is 0 Å². The molecule has 0 saturated carbocycles. The van der Waals surface area contributed by atoms with E-state index in [2.05, 4.69) is 5.32 Å². The summed E-state index contributed by atoms with van der Waals surface area (Å²) in [6.07, 6.45) is -4.69. The van der Waals surface area contributed by atoms with Gasteiger partial charge >= 0.3 is 6.18 Å². The molecule has 0 spiro atoms. The molecule has 1 rings (SSSR count). The van der Waals surface area contributed by atoms with Crippen LogP contribution in [0.2, 0.25) is 0 Å². The summed E-state index contributed by atoms with van der Waals surface area (Å²) < 4.78 is 50.4. The Hall–Kier alpha value is -1.34. The van der Waals surface area contributed by atoms with Gasteiger partial charge in [-0.25, -0.2) is 4.39 Å². The van der Waals surface area contributed by atoms with Crippen molar-refractivity contribution in [2.75, 3.05) is 5.32 Å². The number of nitrogens with one attached hydrogen (secondary N) is 1. The lowest BCUT2D eigenvalue weighted by Gasteiger charge is -2.11. The zero-order chi connectivity index (χ0) is 13.9. The minimum Gasteiger partial charge on any atom is -0.327 e. The second-order valence-corrected chi connectivity index (χ2v) is 3.92. The van der Waals surface area contributed by atoms with Crippen LogP contribution >= 0.6 is 12.4 Å². The third-order valence-corrected chi connectivity index (χ3v) is 2.08. The molecule has 0 aliphatic carbocycles. The lowest BCUT2D eigenvalue weighted by atomic mass is 10.1. The Balaban J connectivity index is 0.00000324. The number of amides is 1. The molecule has 1 unspecified atom stereocenters. The van der Waals surface area contributed by atoms with Crippen molar-refractivity contribution in [1.82, 2.24) is 0 Å². The van der Waals surface area contributed by atoms with E-state index >= 15 is 0 Å². The second kappa shape index (κ2) is 6.72. The first-order valence-corrected chi connectivity index (χ1v) is 5.12. The SMILES string of the molecule is CC(N)CC(=O)Nc1cc(C(F)(F)F)ccc1F.Cl. The van der Waals surface area contributed by atoms with Crippen LogP contribution in [0.3, 0.4) is 0 Å². The van der Waals surface area contributed by atoms with Crippen molar-refractivity contribution in [1.29, 1.82) is 0 Å². The maximum absolute atomic E-state index is 13.2. The highest BCUT2D eigenvalue weighted by Gasteiger charge is 2.31. The number of carbonyl (C=O) groups excluding carboxylic acids is 1. The highest BCUT2D eigenvalue weighted by atomic mass is 35.5. The number of halogens is 5. The van der Waals surface area contributed by atoms with Crippen LogP contribution in [0.4, 0.5) is 23.2 Å². The Kier molecular flexibility index (Phi) is 6.24. The first-order valence-electron chi connectivity index (χ1n) is 5.12. The maximum atomic E-state index is 13.2. The molecule has 0 fully saturated rings. The number of carbonyl (C=O) groups is 1. The predicted octanol–water partition coefficient (Wildman–Crippen LogP) is 2.94. The molecule has 1 aromatic rings. The van der Waals surface area contributed by atoms with Crippen molar-refractivity contribution < 1.29 is 22.4 Å².